The molecule has 11 nitrogen and oxygen atoms in total. The van der Waals surface area contributed by atoms with Crippen molar-refractivity contribution in [2.45, 2.75) is 30.1 Å². The normalized spacial score (nSPS) is 30.8. The number of rotatable bonds is 5. The van der Waals surface area contributed by atoms with Gasteiger partial charge in [0.25, 0.3) is 0 Å². The molecular formula is C18H17N5O6S. The van der Waals surface area contributed by atoms with Crippen LogP contribution in [0.4, 0.5) is 0 Å². The van der Waals surface area contributed by atoms with Crippen molar-refractivity contribution in [3.8, 4) is 0 Å². The maximum atomic E-state index is 11.1. The summed E-state index contributed by atoms with van der Waals surface area (Å²) >= 11 is 0. The van der Waals surface area contributed by atoms with E-state index in [1.165, 1.54) is 17.2 Å². The Labute approximate surface area is 170 Å². The average molecular weight is 431 g/mol. The van der Waals surface area contributed by atoms with Gasteiger partial charge >= 0.3 is 10.3 Å². The van der Waals surface area contributed by atoms with E-state index in [-0.39, 0.29) is 0 Å². The summed E-state index contributed by atoms with van der Waals surface area (Å²) in [7, 11) is -4.30. The number of nitrogens with two attached hydrogens (primary N) is 1. The van der Waals surface area contributed by atoms with Crippen molar-refractivity contribution in [1.82, 2.24) is 19.5 Å². The molecule has 2 fully saturated rings. The van der Waals surface area contributed by atoms with Crippen molar-refractivity contribution >= 4 is 33.6 Å². The number of aliphatic hydroxyl groups is 2. The summed E-state index contributed by atoms with van der Waals surface area (Å²) in [5.74, 6) is 0. The number of imidazole rings is 1. The van der Waals surface area contributed by atoms with Gasteiger partial charge in [-0.1, -0.05) is 36.4 Å². The fourth-order valence-corrected chi connectivity index (χ4v) is 4.25. The molecule has 3 aromatic rings. The van der Waals surface area contributed by atoms with E-state index in [9.17, 15) is 18.6 Å². The summed E-state index contributed by atoms with van der Waals surface area (Å²) < 4.78 is 33.9. The minimum atomic E-state index is -4.30. The lowest BCUT2D eigenvalue weighted by atomic mass is 10.1. The second-order valence-electron chi connectivity index (χ2n) is 7.12. The lowest BCUT2D eigenvalue weighted by Crippen LogP contribution is -2.38. The third kappa shape index (κ3) is 3.01. The fraction of sp³-hybridized carbons (Fsp3) is 0.278. The monoisotopic (exact) mass is 431 g/mol. The number of ether oxygens (including phenoxy) is 1. The molecule has 30 heavy (non-hydrogen) atoms. The van der Waals surface area contributed by atoms with E-state index in [4.69, 9.17) is 9.88 Å². The number of aliphatic hydroxyl groups excluding tert-OH is 1. The average Bonchev–Trinajstić information content (AvgIpc) is 3.01. The Kier molecular flexibility index (Phi) is 4.25. The highest BCUT2D eigenvalue weighted by atomic mass is 32.2. The highest BCUT2D eigenvalue weighted by molar-refractivity contribution is 7.84. The Hall–Kier alpha value is -2.74. The summed E-state index contributed by atoms with van der Waals surface area (Å²) in [6.07, 6.45) is 1.61. The van der Waals surface area contributed by atoms with Gasteiger partial charge in [0, 0.05) is 0 Å². The zero-order valence-electron chi connectivity index (χ0n) is 15.3. The van der Waals surface area contributed by atoms with E-state index in [1.54, 1.807) is 6.08 Å². The van der Waals surface area contributed by atoms with Crippen LogP contribution >= 0.6 is 0 Å². The first-order valence-electron chi connectivity index (χ1n) is 8.96. The minimum absolute atomic E-state index is 0.385. The van der Waals surface area contributed by atoms with Gasteiger partial charge in [-0.2, -0.15) is 8.42 Å². The van der Waals surface area contributed by atoms with Crippen LogP contribution < -0.4 is 5.14 Å². The zero-order valence-corrected chi connectivity index (χ0v) is 16.1. The topological polar surface area (TPSA) is 163 Å². The van der Waals surface area contributed by atoms with Gasteiger partial charge in [0.15, 0.2) is 17.5 Å². The van der Waals surface area contributed by atoms with E-state index in [0.29, 0.717) is 16.9 Å². The molecule has 0 unspecified atom stereocenters. The molecule has 12 heteroatoms. The molecule has 2 aliphatic rings. The third-order valence-corrected chi connectivity index (χ3v) is 5.72. The predicted molar refractivity (Wildman–Crippen MR) is 104 cm³/mol. The Morgan fingerprint density at radius 3 is 2.63 bits per heavy atom. The van der Waals surface area contributed by atoms with Crippen LogP contribution in [0, 0.1) is 0 Å². The van der Waals surface area contributed by atoms with Crippen molar-refractivity contribution in [3.05, 3.63) is 54.2 Å². The third-order valence-electron chi connectivity index (χ3n) is 5.24. The van der Waals surface area contributed by atoms with Crippen LogP contribution in [0.3, 0.4) is 0 Å². The molecule has 1 saturated heterocycles. The highest BCUT2D eigenvalue weighted by Gasteiger charge is 2.79. The number of nitrogens with zero attached hydrogens (tertiary/aromatic N) is 4. The van der Waals surface area contributed by atoms with E-state index >= 15 is 0 Å². The second kappa shape index (κ2) is 6.63. The quantitative estimate of drug-likeness (QED) is 0.487. The largest absolute Gasteiger partial charge is 0.385 e. The fourth-order valence-electron chi connectivity index (χ4n) is 3.71. The molecular weight excluding hydrogens is 414 g/mol. The van der Waals surface area contributed by atoms with Crippen LogP contribution in [-0.2, 0) is 19.2 Å². The van der Waals surface area contributed by atoms with Crippen molar-refractivity contribution in [2.75, 3.05) is 0 Å². The van der Waals surface area contributed by atoms with Gasteiger partial charge in [0.05, 0.1) is 12.0 Å². The molecule has 0 radical (unpaired) electrons. The lowest BCUT2D eigenvalue weighted by Gasteiger charge is -2.23. The van der Waals surface area contributed by atoms with E-state index in [1.807, 2.05) is 36.4 Å². The summed E-state index contributed by atoms with van der Waals surface area (Å²) in [4.78, 5) is 12.8. The molecule has 5 atom stereocenters. The van der Waals surface area contributed by atoms with Crippen LogP contribution in [0.15, 0.2) is 43.0 Å². The van der Waals surface area contributed by atoms with Gasteiger partial charge in [-0.15, -0.1) is 0 Å². The molecule has 1 aliphatic carbocycles. The molecule has 156 valence electrons. The predicted octanol–water partition coefficient (Wildman–Crippen LogP) is -0.412. The van der Waals surface area contributed by atoms with E-state index < -0.39 is 40.4 Å². The van der Waals surface area contributed by atoms with Crippen molar-refractivity contribution < 1.29 is 27.6 Å². The van der Waals surface area contributed by atoms with Gasteiger partial charge in [-0.05, 0) is 11.6 Å². The number of hydrogen-bond donors (Lipinski definition) is 3. The van der Waals surface area contributed by atoms with Crippen LogP contribution in [0.1, 0.15) is 17.5 Å². The number of fused-ring (bicyclic) bond motifs is 2. The van der Waals surface area contributed by atoms with Crippen LogP contribution in [-0.4, -0.2) is 62.1 Å². The molecule has 1 aromatic carbocycles. The Bertz CT molecular complexity index is 1250. The molecule has 1 aliphatic heterocycles. The second-order valence-corrected chi connectivity index (χ2v) is 8.29. The zero-order chi connectivity index (χ0) is 21.1. The number of hydrogen-bond acceptors (Lipinski definition) is 9. The highest BCUT2D eigenvalue weighted by Crippen LogP contribution is 2.55. The Morgan fingerprint density at radius 1 is 1.20 bits per heavy atom. The van der Waals surface area contributed by atoms with E-state index in [2.05, 4.69) is 19.1 Å². The standard InChI is InChI=1S/C18H17N5O6S/c19-30(26,27)29-15-14-18(15,25)13(24)17(28-14)23-9-22-12-11(20-8-21-16(12)23)7-6-10-4-2-1-3-5-10/h1-9,13-15,17,24-25H,(H2,19,26,27)/b7-6+/t13-,14+,15-,17+,18-/m0/s1. The van der Waals surface area contributed by atoms with Crippen LogP contribution in [0.2, 0.25) is 0 Å². The summed E-state index contributed by atoms with van der Waals surface area (Å²) in [6.45, 7) is 0. The molecule has 0 amide bonds. The van der Waals surface area contributed by atoms with Gasteiger partial charge in [0.2, 0.25) is 0 Å². The smallest absolute Gasteiger partial charge is 0.333 e. The SMILES string of the molecule is NS(=O)(=O)O[C@H]1[C@H]2O[C@@H](n3cnc4c(/C=C/c5ccccc5)ncnc43)[C@H](O)[C@]21O. The molecule has 5 rings (SSSR count). The van der Waals surface area contributed by atoms with E-state index in [0.717, 1.165) is 5.56 Å². The van der Waals surface area contributed by atoms with Crippen molar-refractivity contribution in [2.24, 2.45) is 5.14 Å². The summed E-state index contributed by atoms with van der Waals surface area (Å²) in [5, 5.41) is 26.0. The first-order valence-corrected chi connectivity index (χ1v) is 10.4. The Morgan fingerprint density at radius 2 is 1.97 bits per heavy atom. The minimum Gasteiger partial charge on any atom is -0.385 e. The van der Waals surface area contributed by atoms with Gasteiger partial charge in [-0.3, -0.25) is 4.57 Å². The van der Waals surface area contributed by atoms with Gasteiger partial charge in [0.1, 0.15) is 30.2 Å². The molecule has 3 heterocycles. The molecule has 0 bridgehead atoms. The molecule has 0 spiro atoms. The summed E-state index contributed by atoms with van der Waals surface area (Å²) in [5.41, 5.74) is 0.522. The van der Waals surface area contributed by atoms with Crippen molar-refractivity contribution in [1.29, 1.82) is 0 Å². The van der Waals surface area contributed by atoms with Gasteiger partial charge < -0.3 is 14.9 Å². The van der Waals surface area contributed by atoms with Crippen LogP contribution in [0.5, 0.6) is 0 Å². The number of aromatic nitrogens is 4. The lowest BCUT2D eigenvalue weighted by molar-refractivity contribution is -0.0888. The van der Waals surface area contributed by atoms with Crippen molar-refractivity contribution in [3.63, 3.8) is 0 Å². The Balaban J connectivity index is 1.43. The maximum Gasteiger partial charge on any atom is 0.333 e. The summed E-state index contributed by atoms with van der Waals surface area (Å²) in [6, 6.07) is 9.66. The molecule has 1 saturated carbocycles. The maximum absolute atomic E-state index is 11.1. The van der Waals surface area contributed by atoms with Gasteiger partial charge in [-0.25, -0.2) is 24.3 Å². The molecule has 2 aromatic heterocycles. The molecule has 4 N–H and O–H groups in total. The first kappa shape index (κ1) is 19.2. The first-order chi connectivity index (χ1) is 14.3. The number of benzene rings is 1. The van der Waals surface area contributed by atoms with Crippen LogP contribution in [0.25, 0.3) is 23.3 Å².